The SMILES string of the molecule is CC1CCCN1CCCOc1ccc(-c2ccc(NCc3ccccc3)nn2)cc1. The molecule has 1 unspecified atom stereocenters. The van der Waals surface area contributed by atoms with Gasteiger partial charge in [-0.1, -0.05) is 30.3 Å². The number of hydrogen-bond acceptors (Lipinski definition) is 5. The number of rotatable bonds is 9. The Morgan fingerprint density at radius 2 is 1.83 bits per heavy atom. The number of nitrogens with one attached hydrogen (secondary N) is 1. The molecule has 1 N–H and O–H groups in total. The van der Waals surface area contributed by atoms with E-state index in [1.165, 1.54) is 24.9 Å². The van der Waals surface area contributed by atoms with Crippen molar-refractivity contribution in [1.29, 1.82) is 0 Å². The van der Waals surface area contributed by atoms with E-state index >= 15 is 0 Å². The van der Waals surface area contributed by atoms with E-state index in [1.807, 2.05) is 54.6 Å². The van der Waals surface area contributed by atoms with E-state index in [0.717, 1.165) is 55.0 Å². The van der Waals surface area contributed by atoms with Crippen LogP contribution in [0.2, 0.25) is 0 Å². The van der Waals surface area contributed by atoms with Crippen LogP contribution in [0.5, 0.6) is 5.75 Å². The first-order valence-electron chi connectivity index (χ1n) is 10.9. The highest BCUT2D eigenvalue weighted by atomic mass is 16.5. The van der Waals surface area contributed by atoms with Crippen LogP contribution in [0.15, 0.2) is 66.7 Å². The van der Waals surface area contributed by atoms with Gasteiger partial charge >= 0.3 is 0 Å². The fraction of sp³-hybridized carbons (Fsp3) is 0.360. The molecule has 1 atom stereocenters. The van der Waals surface area contributed by atoms with Gasteiger partial charge in [0, 0.05) is 24.7 Å². The predicted octanol–water partition coefficient (Wildman–Crippen LogP) is 5.01. The molecule has 1 saturated heterocycles. The molecule has 3 aromatic rings. The van der Waals surface area contributed by atoms with Crippen LogP contribution < -0.4 is 10.1 Å². The van der Waals surface area contributed by atoms with Crippen molar-refractivity contribution in [3.63, 3.8) is 0 Å². The van der Waals surface area contributed by atoms with E-state index in [9.17, 15) is 0 Å². The predicted molar refractivity (Wildman–Crippen MR) is 122 cm³/mol. The number of hydrogen-bond donors (Lipinski definition) is 1. The third-order valence-corrected chi connectivity index (χ3v) is 5.68. The van der Waals surface area contributed by atoms with Gasteiger partial charge in [0.05, 0.1) is 12.3 Å². The van der Waals surface area contributed by atoms with E-state index in [-0.39, 0.29) is 0 Å². The summed E-state index contributed by atoms with van der Waals surface area (Å²) in [6.07, 6.45) is 3.72. The van der Waals surface area contributed by atoms with Crippen LogP contribution in [0.3, 0.4) is 0 Å². The lowest BCUT2D eigenvalue weighted by Gasteiger charge is -2.20. The molecule has 2 aromatic carbocycles. The van der Waals surface area contributed by atoms with Gasteiger partial charge in [0.2, 0.25) is 0 Å². The van der Waals surface area contributed by atoms with Crippen LogP contribution in [0.1, 0.15) is 31.7 Å². The van der Waals surface area contributed by atoms with Gasteiger partial charge in [-0.3, -0.25) is 0 Å². The minimum Gasteiger partial charge on any atom is -0.494 e. The molecule has 2 heterocycles. The molecule has 1 aliphatic rings. The number of anilines is 1. The molecule has 5 nitrogen and oxygen atoms in total. The average molecular weight is 403 g/mol. The van der Waals surface area contributed by atoms with E-state index in [4.69, 9.17) is 4.74 Å². The first-order chi connectivity index (χ1) is 14.8. The van der Waals surface area contributed by atoms with Crippen LogP contribution in [0, 0.1) is 0 Å². The molecular weight excluding hydrogens is 372 g/mol. The van der Waals surface area contributed by atoms with Crippen LogP contribution in [-0.4, -0.2) is 40.8 Å². The Bertz CT molecular complexity index is 897. The second-order valence-electron chi connectivity index (χ2n) is 7.90. The fourth-order valence-electron chi connectivity index (χ4n) is 3.87. The Balaban J connectivity index is 1.24. The van der Waals surface area contributed by atoms with Crippen LogP contribution >= 0.6 is 0 Å². The van der Waals surface area contributed by atoms with E-state index in [1.54, 1.807) is 0 Å². The molecule has 0 radical (unpaired) electrons. The Morgan fingerprint density at radius 1 is 1.00 bits per heavy atom. The number of ether oxygens (including phenoxy) is 1. The molecule has 0 aliphatic carbocycles. The molecule has 4 rings (SSSR count). The summed E-state index contributed by atoms with van der Waals surface area (Å²) in [7, 11) is 0. The van der Waals surface area contributed by atoms with Gasteiger partial charge in [-0.25, -0.2) is 0 Å². The largest absolute Gasteiger partial charge is 0.494 e. The normalized spacial score (nSPS) is 16.5. The number of aromatic nitrogens is 2. The molecule has 5 heteroatoms. The summed E-state index contributed by atoms with van der Waals surface area (Å²) >= 11 is 0. The highest BCUT2D eigenvalue weighted by molar-refractivity contribution is 5.60. The molecular formula is C25H30N4O. The summed E-state index contributed by atoms with van der Waals surface area (Å²) in [6.45, 7) is 6.17. The molecule has 1 aromatic heterocycles. The minimum atomic E-state index is 0.727. The van der Waals surface area contributed by atoms with Crippen molar-refractivity contribution in [1.82, 2.24) is 15.1 Å². The van der Waals surface area contributed by atoms with Gasteiger partial charge in [0.1, 0.15) is 11.6 Å². The summed E-state index contributed by atoms with van der Waals surface area (Å²) < 4.78 is 5.91. The zero-order valence-electron chi connectivity index (χ0n) is 17.6. The first kappa shape index (κ1) is 20.4. The van der Waals surface area contributed by atoms with Crippen molar-refractivity contribution in [3.8, 4) is 17.0 Å². The lowest BCUT2D eigenvalue weighted by atomic mass is 10.1. The Labute approximate surface area is 179 Å². The highest BCUT2D eigenvalue weighted by Gasteiger charge is 2.19. The van der Waals surface area contributed by atoms with Crippen LogP contribution in [0.4, 0.5) is 5.82 Å². The quantitative estimate of drug-likeness (QED) is 0.510. The third kappa shape index (κ3) is 5.57. The minimum absolute atomic E-state index is 0.727. The van der Waals surface area contributed by atoms with Crippen LogP contribution in [0.25, 0.3) is 11.3 Å². The van der Waals surface area contributed by atoms with Gasteiger partial charge in [0.15, 0.2) is 0 Å². The Kier molecular flexibility index (Phi) is 6.93. The zero-order valence-corrected chi connectivity index (χ0v) is 17.6. The lowest BCUT2D eigenvalue weighted by molar-refractivity contribution is 0.230. The average Bonchev–Trinajstić information content (AvgIpc) is 3.21. The van der Waals surface area contributed by atoms with E-state index in [2.05, 4.69) is 39.5 Å². The maximum atomic E-state index is 5.91. The van der Waals surface area contributed by atoms with E-state index < -0.39 is 0 Å². The zero-order chi connectivity index (χ0) is 20.6. The second kappa shape index (κ2) is 10.2. The van der Waals surface area contributed by atoms with Crippen molar-refractivity contribution >= 4 is 5.82 Å². The number of benzene rings is 2. The topological polar surface area (TPSA) is 50.3 Å². The Hall–Kier alpha value is -2.92. The maximum absolute atomic E-state index is 5.91. The Morgan fingerprint density at radius 3 is 2.53 bits per heavy atom. The molecule has 30 heavy (non-hydrogen) atoms. The smallest absolute Gasteiger partial charge is 0.148 e. The summed E-state index contributed by atoms with van der Waals surface area (Å²) in [6, 6.07) is 23.1. The highest BCUT2D eigenvalue weighted by Crippen LogP contribution is 2.21. The summed E-state index contributed by atoms with van der Waals surface area (Å²) in [5, 5.41) is 12.0. The van der Waals surface area contributed by atoms with E-state index in [0.29, 0.717) is 0 Å². The second-order valence-corrected chi connectivity index (χ2v) is 7.90. The maximum Gasteiger partial charge on any atom is 0.148 e. The lowest BCUT2D eigenvalue weighted by Crippen LogP contribution is -2.28. The van der Waals surface area contributed by atoms with Gasteiger partial charge in [-0.15, -0.1) is 10.2 Å². The number of nitrogens with zero attached hydrogens (tertiary/aromatic N) is 3. The van der Waals surface area contributed by atoms with Crippen LogP contribution in [-0.2, 0) is 6.54 Å². The summed E-state index contributed by atoms with van der Waals surface area (Å²) in [4.78, 5) is 2.56. The van der Waals surface area contributed by atoms with Gasteiger partial charge in [0.25, 0.3) is 0 Å². The molecule has 1 aliphatic heterocycles. The fourth-order valence-corrected chi connectivity index (χ4v) is 3.87. The molecule has 0 spiro atoms. The molecule has 0 bridgehead atoms. The van der Waals surface area contributed by atoms with Crippen molar-refractivity contribution in [2.24, 2.45) is 0 Å². The first-order valence-corrected chi connectivity index (χ1v) is 10.9. The standard InChI is InChI=1S/C25H30N4O/c1-20-7-5-16-29(20)17-6-18-30-23-12-10-22(11-13-23)24-14-15-25(28-27-24)26-19-21-8-3-2-4-9-21/h2-4,8-15,20H,5-7,16-19H2,1H3,(H,26,28). The summed E-state index contributed by atoms with van der Waals surface area (Å²) in [5.74, 6) is 1.68. The molecule has 0 amide bonds. The molecule has 0 saturated carbocycles. The molecule has 1 fully saturated rings. The van der Waals surface area contributed by atoms with Gasteiger partial charge in [-0.05, 0) is 74.7 Å². The van der Waals surface area contributed by atoms with Crippen molar-refractivity contribution in [2.75, 3.05) is 25.0 Å². The third-order valence-electron chi connectivity index (χ3n) is 5.68. The van der Waals surface area contributed by atoms with Gasteiger partial charge < -0.3 is 15.0 Å². The van der Waals surface area contributed by atoms with Crippen molar-refractivity contribution < 1.29 is 4.74 Å². The van der Waals surface area contributed by atoms with Gasteiger partial charge in [-0.2, -0.15) is 0 Å². The number of likely N-dealkylation sites (tertiary alicyclic amines) is 1. The monoisotopic (exact) mass is 402 g/mol. The van der Waals surface area contributed by atoms with Crippen molar-refractivity contribution in [3.05, 3.63) is 72.3 Å². The van der Waals surface area contributed by atoms with Crippen molar-refractivity contribution in [2.45, 2.75) is 38.8 Å². The summed E-state index contributed by atoms with van der Waals surface area (Å²) in [5.41, 5.74) is 3.11. The molecule has 156 valence electrons.